The summed E-state index contributed by atoms with van der Waals surface area (Å²) < 4.78 is 25.8. The molecule has 5 heteroatoms. The lowest BCUT2D eigenvalue weighted by molar-refractivity contribution is 0.282. The maximum absolute atomic E-state index is 11.6. The second kappa shape index (κ2) is 6.45. The second-order valence-electron chi connectivity index (χ2n) is 4.10. The predicted octanol–water partition coefficient (Wildman–Crippen LogP) is 1.04. The van der Waals surface area contributed by atoms with Gasteiger partial charge in [-0.1, -0.05) is 13.8 Å². The van der Waals surface area contributed by atoms with Crippen LogP contribution in [0.25, 0.3) is 0 Å². The highest BCUT2D eigenvalue weighted by Crippen LogP contribution is 1.99. The first-order valence-corrected chi connectivity index (χ1v) is 7.11. The van der Waals surface area contributed by atoms with E-state index in [1.54, 1.807) is 13.8 Å². The van der Waals surface area contributed by atoms with Gasteiger partial charge in [-0.05, 0) is 33.9 Å². The third-order valence-electron chi connectivity index (χ3n) is 2.41. The molecule has 0 aliphatic rings. The van der Waals surface area contributed by atoms with E-state index >= 15 is 0 Å². The fourth-order valence-corrected chi connectivity index (χ4v) is 2.23. The first-order valence-electron chi connectivity index (χ1n) is 5.57. The number of nitrogens with zero attached hydrogens (tertiary/aromatic N) is 1. The molecule has 0 aliphatic heterocycles. The number of nitrogens with one attached hydrogen (secondary N) is 1. The molecule has 0 spiro atoms. The number of hydrogen-bond donors (Lipinski definition) is 1. The molecule has 0 aromatic rings. The molecule has 0 aromatic heterocycles. The molecule has 0 radical (unpaired) electrons. The molecule has 92 valence electrons. The Labute approximate surface area is 94.1 Å². The van der Waals surface area contributed by atoms with E-state index in [2.05, 4.69) is 23.5 Å². The summed E-state index contributed by atoms with van der Waals surface area (Å²) in [6.45, 7) is 12.1. The third-order valence-corrected chi connectivity index (χ3v) is 4.38. The van der Waals surface area contributed by atoms with E-state index in [0.29, 0.717) is 0 Å². The zero-order valence-electron chi connectivity index (χ0n) is 10.4. The minimum absolute atomic E-state index is 0.0303. The van der Waals surface area contributed by atoms with Crippen LogP contribution in [-0.2, 0) is 10.0 Å². The normalized spacial score (nSPS) is 14.9. The summed E-state index contributed by atoms with van der Waals surface area (Å²) in [5, 5.41) is -0.364. The lowest BCUT2D eigenvalue weighted by atomic mass is 10.3. The van der Waals surface area contributed by atoms with Crippen molar-refractivity contribution in [1.29, 1.82) is 0 Å². The van der Waals surface area contributed by atoms with Crippen LogP contribution in [0.3, 0.4) is 0 Å². The maximum atomic E-state index is 11.6. The Kier molecular flexibility index (Phi) is 6.40. The summed E-state index contributed by atoms with van der Waals surface area (Å²) in [6, 6.07) is -0.0303. The Bertz CT molecular complexity index is 259. The second-order valence-corrected chi connectivity index (χ2v) is 6.37. The van der Waals surface area contributed by atoms with Gasteiger partial charge < -0.3 is 4.90 Å². The minimum atomic E-state index is -3.14. The van der Waals surface area contributed by atoms with Gasteiger partial charge in [-0.15, -0.1) is 0 Å². The van der Waals surface area contributed by atoms with E-state index in [1.807, 2.05) is 6.92 Å². The van der Waals surface area contributed by atoms with Crippen LogP contribution in [0.2, 0.25) is 0 Å². The van der Waals surface area contributed by atoms with Crippen LogP contribution < -0.4 is 4.72 Å². The summed E-state index contributed by atoms with van der Waals surface area (Å²) in [5.41, 5.74) is 0. The predicted molar refractivity (Wildman–Crippen MR) is 64.4 cm³/mol. The van der Waals surface area contributed by atoms with Crippen LogP contribution in [0.1, 0.15) is 34.6 Å². The molecular weight excluding hydrogens is 212 g/mol. The summed E-state index contributed by atoms with van der Waals surface area (Å²) >= 11 is 0. The van der Waals surface area contributed by atoms with E-state index in [9.17, 15) is 8.42 Å². The summed E-state index contributed by atoms with van der Waals surface area (Å²) in [4.78, 5) is 2.20. The van der Waals surface area contributed by atoms with Gasteiger partial charge in [-0.25, -0.2) is 13.1 Å². The van der Waals surface area contributed by atoms with Gasteiger partial charge in [0.15, 0.2) is 0 Å². The Morgan fingerprint density at radius 2 is 1.60 bits per heavy atom. The van der Waals surface area contributed by atoms with Crippen LogP contribution in [-0.4, -0.2) is 44.2 Å². The van der Waals surface area contributed by atoms with Gasteiger partial charge >= 0.3 is 0 Å². The van der Waals surface area contributed by atoms with Gasteiger partial charge in [-0.3, -0.25) is 0 Å². The molecular formula is C10H24N2O2S. The summed E-state index contributed by atoms with van der Waals surface area (Å²) in [5.74, 6) is 0. The highest BCUT2D eigenvalue weighted by molar-refractivity contribution is 7.90. The van der Waals surface area contributed by atoms with Crippen LogP contribution in [0.4, 0.5) is 0 Å². The highest BCUT2D eigenvalue weighted by Gasteiger charge is 2.19. The van der Waals surface area contributed by atoms with Gasteiger partial charge in [0.25, 0.3) is 0 Å². The van der Waals surface area contributed by atoms with Crippen molar-refractivity contribution in [3.8, 4) is 0 Å². The molecule has 0 rings (SSSR count). The van der Waals surface area contributed by atoms with Crippen molar-refractivity contribution >= 4 is 10.0 Å². The molecule has 0 saturated carbocycles. The van der Waals surface area contributed by atoms with Crippen molar-refractivity contribution in [2.75, 3.05) is 19.6 Å². The zero-order chi connectivity index (χ0) is 12.1. The third kappa shape index (κ3) is 5.49. The fourth-order valence-electron chi connectivity index (χ4n) is 1.32. The number of sulfonamides is 1. The van der Waals surface area contributed by atoms with Gasteiger partial charge in [0.05, 0.1) is 5.25 Å². The van der Waals surface area contributed by atoms with Crippen molar-refractivity contribution in [2.45, 2.75) is 45.9 Å². The molecule has 0 saturated heterocycles. The maximum Gasteiger partial charge on any atom is 0.214 e. The highest BCUT2D eigenvalue weighted by atomic mass is 32.2. The first-order chi connectivity index (χ1) is 6.83. The Morgan fingerprint density at radius 1 is 1.13 bits per heavy atom. The summed E-state index contributed by atoms with van der Waals surface area (Å²) in [7, 11) is -3.14. The van der Waals surface area contributed by atoms with Crippen molar-refractivity contribution < 1.29 is 8.42 Å². The van der Waals surface area contributed by atoms with E-state index in [-0.39, 0.29) is 11.3 Å². The molecule has 0 aliphatic carbocycles. The molecule has 1 N–H and O–H groups in total. The average molecular weight is 236 g/mol. The van der Waals surface area contributed by atoms with Crippen molar-refractivity contribution in [3.63, 3.8) is 0 Å². The van der Waals surface area contributed by atoms with E-state index in [0.717, 1.165) is 19.6 Å². The first kappa shape index (κ1) is 14.9. The molecule has 1 unspecified atom stereocenters. The quantitative estimate of drug-likeness (QED) is 0.718. The zero-order valence-corrected chi connectivity index (χ0v) is 11.3. The van der Waals surface area contributed by atoms with Gasteiger partial charge in [0.1, 0.15) is 0 Å². The van der Waals surface area contributed by atoms with Gasteiger partial charge in [0, 0.05) is 12.6 Å². The van der Waals surface area contributed by atoms with Crippen LogP contribution >= 0.6 is 0 Å². The SMILES string of the molecule is CCN(CC)CC(C)NS(=O)(=O)C(C)C. The number of hydrogen-bond acceptors (Lipinski definition) is 3. The Balaban J connectivity index is 4.20. The van der Waals surface area contributed by atoms with E-state index in [4.69, 9.17) is 0 Å². The number of likely N-dealkylation sites (N-methyl/N-ethyl adjacent to an activating group) is 1. The molecule has 0 heterocycles. The number of rotatable bonds is 7. The fraction of sp³-hybridized carbons (Fsp3) is 1.00. The van der Waals surface area contributed by atoms with Gasteiger partial charge in [0.2, 0.25) is 10.0 Å². The Morgan fingerprint density at radius 3 is 1.93 bits per heavy atom. The lowest BCUT2D eigenvalue weighted by Crippen LogP contribution is -2.44. The van der Waals surface area contributed by atoms with Crippen LogP contribution in [0.5, 0.6) is 0 Å². The lowest BCUT2D eigenvalue weighted by Gasteiger charge is -2.24. The van der Waals surface area contributed by atoms with Gasteiger partial charge in [-0.2, -0.15) is 0 Å². The average Bonchev–Trinajstić information content (AvgIpc) is 2.13. The summed E-state index contributed by atoms with van der Waals surface area (Å²) in [6.07, 6.45) is 0. The molecule has 0 bridgehead atoms. The molecule has 0 fully saturated rings. The van der Waals surface area contributed by atoms with Crippen molar-refractivity contribution in [3.05, 3.63) is 0 Å². The van der Waals surface area contributed by atoms with E-state index in [1.165, 1.54) is 0 Å². The topological polar surface area (TPSA) is 49.4 Å². The smallest absolute Gasteiger partial charge is 0.214 e. The molecule has 4 nitrogen and oxygen atoms in total. The molecule has 15 heavy (non-hydrogen) atoms. The Hall–Kier alpha value is -0.130. The minimum Gasteiger partial charge on any atom is -0.302 e. The molecule has 0 aromatic carbocycles. The van der Waals surface area contributed by atoms with Crippen LogP contribution in [0.15, 0.2) is 0 Å². The standard InChI is InChI=1S/C10H24N2O2S/c1-6-12(7-2)8-10(5)11-15(13,14)9(3)4/h9-11H,6-8H2,1-5H3. The van der Waals surface area contributed by atoms with Crippen molar-refractivity contribution in [1.82, 2.24) is 9.62 Å². The molecule has 1 atom stereocenters. The molecule has 0 amide bonds. The largest absolute Gasteiger partial charge is 0.302 e. The van der Waals surface area contributed by atoms with Crippen LogP contribution in [0, 0.1) is 0 Å². The monoisotopic (exact) mass is 236 g/mol. The van der Waals surface area contributed by atoms with Crippen molar-refractivity contribution in [2.24, 2.45) is 0 Å². The van der Waals surface area contributed by atoms with E-state index < -0.39 is 10.0 Å².